The highest BCUT2D eigenvalue weighted by Crippen LogP contribution is 2.44. The zero-order chi connectivity index (χ0) is 29.0. The fourth-order valence-electron chi connectivity index (χ4n) is 4.74. The molecule has 0 unspecified atom stereocenters. The minimum absolute atomic E-state index is 0.00637. The lowest BCUT2D eigenvalue weighted by Crippen LogP contribution is -2.39. The Labute approximate surface area is 237 Å². The molecule has 2 aromatic carbocycles. The van der Waals surface area contributed by atoms with Gasteiger partial charge < -0.3 is 29.7 Å². The van der Waals surface area contributed by atoms with Crippen molar-refractivity contribution >= 4 is 18.2 Å². The van der Waals surface area contributed by atoms with Crippen molar-refractivity contribution in [2.45, 2.75) is 58.0 Å². The number of hydrogen-bond acceptors (Lipinski definition) is 7. The quantitative estimate of drug-likeness (QED) is 0.191. The molecule has 0 spiro atoms. The zero-order valence-electron chi connectivity index (χ0n) is 24.2. The van der Waals surface area contributed by atoms with E-state index in [9.17, 15) is 14.4 Å². The van der Waals surface area contributed by atoms with E-state index >= 15 is 0 Å². The van der Waals surface area contributed by atoms with Crippen LogP contribution in [0.25, 0.3) is 11.1 Å². The van der Waals surface area contributed by atoms with Crippen LogP contribution in [0.2, 0.25) is 0 Å². The molecular formula is C31H43N3O6. The van der Waals surface area contributed by atoms with Gasteiger partial charge in [-0.05, 0) is 55.9 Å². The van der Waals surface area contributed by atoms with E-state index in [-0.39, 0.29) is 31.1 Å². The first-order valence-corrected chi connectivity index (χ1v) is 14.0. The highest BCUT2D eigenvalue weighted by Gasteiger charge is 2.29. The van der Waals surface area contributed by atoms with Gasteiger partial charge in [0.15, 0.2) is 0 Å². The van der Waals surface area contributed by atoms with Gasteiger partial charge in [-0.2, -0.15) is 0 Å². The molecule has 2 N–H and O–H groups in total. The van der Waals surface area contributed by atoms with Crippen LogP contribution in [0, 0.1) is 0 Å². The maximum atomic E-state index is 13.2. The number of alkyl carbamates (subject to hydrolysis) is 1. The average Bonchev–Trinajstić information content (AvgIpc) is 3.24. The standard InChI is InChI=1S/C31H43N3O6/c1-31(2,3)40-29(36)33-17-11-5-6-12-19-34(20-18-32-21-28(35)38-4)30(37)39-22-27-25-15-9-7-13-23(25)24-14-8-10-16-26(24)27/h7-10,13-16,27,32H,5-6,11-12,17-22H2,1-4H3,(H,33,36). The lowest BCUT2D eigenvalue weighted by molar-refractivity contribution is -0.139. The second-order valence-corrected chi connectivity index (χ2v) is 10.9. The number of nitrogens with one attached hydrogen (secondary N) is 2. The van der Waals surface area contributed by atoms with Crippen molar-refractivity contribution < 1.29 is 28.6 Å². The summed E-state index contributed by atoms with van der Waals surface area (Å²) in [6, 6.07) is 16.5. The molecule has 9 nitrogen and oxygen atoms in total. The molecule has 0 saturated carbocycles. The zero-order valence-corrected chi connectivity index (χ0v) is 24.2. The molecule has 9 heteroatoms. The van der Waals surface area contributed by atoms with Crippen molar-refractivity contribution in [3.8, 4) is 11.1 Å². The summed E-state index contributed by atoms with van der Waals surface area (Å²) in [5, 5.41) is 5.78. The minimum atomic E-state index is -0.515. The lowest BCUT2D eigenvalue weighted by atomic mass is 9.98. The number of rotatable bonds is 14. The van der Waals surface area contributed by atoms with Crippen molar-refractivity contribution in [1.29, 1.82) is 0 Å². The number of ether oxygens (including phenoxy) is 3. The van der Waals surface area contributed by atoms with Gasteiger partial charge in [-0.25, -0.2) is 9.59 Å². The smallest absolute Gasteiger partial charge is 0.409 e. The molecule has 0 aliphatic heterocycles. The number of esters is 1. The lowest BCUT2D eigenvalue weighted by Gasteiger charge is -2.24. The van der Waals surface area contributed by atoms with E-state index in [2.05, 4.69) is 39.6 Å². The van der Waals surface area contributed by atoms with Crippen LogP contribution >= 0.6 is 0 Å². The molecule has 0 heterocycles. The first-order chi connectivity index (χ1) is 19.2. The summed E-state index contributed by atoms with van der Waals surface area (Å²) in [5.41, 5.74) is 4.19. The molecule has 0 saturated heterocycles. The Bertz CT molecular complexity index is 1080. The van der Waals surface area contributed by atoms with Gasteiger partial charge in [0.25, 0.3) is 0 Å². The summed E-state index contributed by atoms with van der Waals surface area (Å²) in [4.78, 5) is 38.1. The molecule has 0 bridgehead atoms. The van der Waals surface area contributed by atoms with Gasteiger partial charge in [0.1, 0.15) is 12.2 Å². The van der Waals surface area contributed by atoms with Crippen molar-refractivity contribution in [1.82, 2.24) is 15.5 Å². The maximum absolute atomic E-state index is 13.2. The van der Waals surface area contributed by atoms with Gasteiger partial charge >= 0.3 is 18.2 Å². The Morgan fingerprint density at radius 1 is 0.850 bits per heavy atom. The van der Waals surface area contributed by atoms with E-state index in [1.54, 1.807) is 4.90 Å². The predicted octanol–water partition coefficient (Wildman–Crippen LogP) is 5.09. The second kappa shape index (κ2) is 15.3. The molecule has 1 aliphatic rings. The van der Waals surface area contributed by atoms with Crippen molar-refractivity contribution in [3.05, 3.63) is 59.7 Å². The first kappa shape index (κ1) is 30.9. The fraction of sp³-hybridized carbons (Fsp3) is 0.516. The number of benzene rings is 2. The van der Waals surface area contributed by atoms with Gasteiger partial charge in [0.2, 0.25) is 0 Å². The summed E-state index contributed by atoms with van der Waals surface area (Å²) in [7, 11) is 1.34. The molecule has 0 aromatic heterocycles. The largest absolute Gasteiger partial charge is 0.468 e. The van der Waals surface area contributed by atoms with E-state index in [4.69, 9.17) is 9.47 Å². The van der Waals surface area contributed by atoms with E-state index in [1.807, 2.05) is 45.0 Å². The van der Waals surface area contributed by atoms with Crippen molar-refractivity contribution in [3.63, 3.8) is 0 Å². The van der Waals surface area contributed by atoms with Gasteiger partial charge in [-0.3, -0.25) is 4.79 Å². The summed E-state index contributed by atoms with van der Waals surface area (Å²) in [6.07, 6.45) is 2.66. The minimum Gasteiger partial charge on any atom is -0.468 e. The number of methoxy groups -OCH3 is 1. The van der Waals surface area contributed by atoms with Gasteiger partial charge in [0, 0.05) is 32.1 Å². The molecule has 2 aromatic rings. The normalized spacial score (nSPS) is 12.3. The number of unbranched alkanes of at least 4 members (excludes halogenated alkanes) is 3. The molecule has 40 heavy (non-hydrogen) atoms. The van der Waals surface area contributed by atoms with E-state index in [0.717, 1.165) is 25.7 Å². The summed E-state index contributed by atoms with van der Waals surface area (Å²) in [5.74, 6) is -0.360. The number of amides is 2. The Morgan fingerprint density at radius 3 is 2.10 bits per heavy atom. The summed E-state index contributed by atoms with van der Waals surface area (Å²) < 4.78 is 15.8. The second-order valence-electron chi connectivity index (χ2n) is 10.9. The maximum Gasteiger partial charge on any atom is 0.409 e. The van der Waals surface area contributed by atoms with Crippen LogP contribution in [-0.4, -0.2) is 75.1 Å². The van der Waals surface area contributed by atoms with Gasteiger partial charge in [-0.15, -0.1) is 0 Å². The number of carbonyl (C=O) groups excluding carboxylic acids is 3. The van der Waals surface area contributed by atoms with Crippen LogP contribution in [0.4, 0.5) is 9.59 Å². The van der Waals surface area contributed by atoms with E-state index < -0.39 is 11.7 Å². The monoisotopic (exact) mass is 553 g/mol. The average molecular weight is 554 g/mol. The Kier molecular flexibility index (Phi) is 11.8. The van der Waals surface area contributed by atoms with Crippen LogP contribution in [0.5, 0.6) is 0 Å². The number of hydrogen-bond donors (Lipinski definition) is 2. The molecule has 0 radical (unpaired) electrons. The van der Waals surface area contributed by atoms with Crippen LogP contribution in [0.3, 0.4) is 0 Å². The molecule has 3 rings (SSSR count). The van der Waals surface area contributed by atoms with Crippen LogP contribution in [-0.2, 0) is 19.0 Å². The number of fused-ring (bicyclic) bond motifs is 3. The molecule has 1 aliphatic carbocycles. The fourth-order valence-corrected chi connectivity index (χ4v) is 4.74. The highest BCUT2D eigenvalue weighted by molar-refractivity contribution is 5.79. The molecule has 0 fully saturated rings. The number of carbonyl (C=O) groups is 3. The number of nitrogens with zero attached hydrogens (tertiary/aromatic N) is 1. The van der Waals surface area contributed by atoms with Crippen molar-refractivity contribution in [2.24, 2.45) is 0 Å². The van der Waals surface area contributed by atoms with Crippen LogP contribution in [0.15, 0.2) is 48.5 Å². The summed E-state index contributed by atoms with van der Waals surface area (Å²) >= 11 is 0. The third kappa shape index (κ3) is 9.55. The van der Waals surface area contributed by atoms with E-state index in [0.29, 0.717) is 26.2 Å². The Balaban J connectivity index is 1.48. The van der Waals surface area contributed by atoms with Crippen LogP contribution in [0.1, 0.15) is 63.5 Å². The third-order valence-corrected chi connectivity index (χ3v) is 6.67. The predicted molar refractivity (Wildman–Crippen MR) is 154 cm³/mol. The molecule has 2 amide bonds. The molecule has 0 atom stereocenters. The topological polar surface area (TPSA) is 106 Å². The molecular weight excluding hydrogens is 510 g/mol. The highest BCUT2D eigenvalue weighted by atomic mass is 16.6. The Morgan fingerprint density at radius 2 is 1.48 bits per heavy atom. The van der Waals surface area contributed by atoms with Crippen LogP contribution < -0.4 is 10.6 Å². The van der Waals surface area contributed by atoms with Crippen molar-refractivity contribution in [2.75, 3.05) is 46.4 Å². The summed E-state index contributed by atoms with van der Waals surface area (Å²) in [6.45, 7) is 7.78. The first-order valence-electron chi connectivity index (χ1n) is 14.0. The van der Waals surface area contributed by atoms with Gasteiger partial charge in [-0.1, -0.05) is 61.4 Å². The third-order valence-electron chi connectivity index (χ3n) is 6.67. The van der Waals surface area contributed by atoms with Gasteiger partial charge in [0.05, 0.1) is 13.7 Å². The SMILES string of the molecule is COC(=O)CNCCN(CCCCCCNC(=O)OC(C)(C)C)C(=O)OCC1c2ccccc2-c2ccccc21. The Hall–Kier alpha value is -3.59. The molecule has 218 valence electrons. The van der Waals surface area contributed by atoms with E-state index in [1.165, 1.54) is 29.4 Å².